The first-order chi connectivity index (χ1) is 11.4. The third kappa shape index (κ3) is 3.57. The van der Waals surface area contributed by atoms with E-state index >= 15 is 0 Å². The highest BCUT2D eigenvalue weighted by Gasteiger charge is 2.29. The summed E-state index contributed by atoms with van der Waals surface area (Å²) in [6.07, 6.45) is 0.0917. The quantitative estimate of drug-likeness (QED) is 0.853. The van der Waals surface area contributed by atoms with Crippen LogP contribution < -0.4 is 10.6 Å². The third-order valence-electron chi connectivity index (χ3n) is 3.77. The monoisotopic (exact) mass is 360 g/mol. The van der Waals surface area contributed by atoms with Gasteiger partial charge in [0.05, 0.1) is 21.6 Å². The molecule has 0 spiro atoms. The van der Waals surface area contributed by atoms with Gasteiger partial charge in [-0.25, -0.2) is 0 Å². The van der Waals surface area contributed by atoms with Crippen molar-refractivity contribution in [1.82, 2.24) is 0 Å². The van der Waals surface area contributed by atoms with Gasteiger partial charge in [0.2, 0.25) is 11.8 Å². The number of para-hydroxylation sites is 1. The van der Waals surface area contributed by atoms with E-state index < -0.39 is 5.25 Å². The maximum absolute atomic E-state index is 12.4. The average molecular weight is 361 g/mol. The Hall–Kier alpha value is -1.98. The van der Waals surface area contributed by atoms with Crippen molar-refractivity contribution < 1.29 is 9.59 Å². The third-order valence-corrected chi connectivity index (χ3v) is 5.35. The zero-order chi connectivity index (χ0) is 17.3. The molecule has 3 rings (SSSR count). The number of thioether (sulfide) groups is 1. The van der Waals surface area contributed by atoms with Gasteiger partial charge in [0.1, 0.15) is 0 Å². The highest BCUT2D eigenvalue weighted by atomic mass is 35.5. The Kier molecular flexibility index (Phi) is 4.83. The summed E-state index contributed by atoms with van der Waals surface area (Å²) in [5, 5.41) is 5.73. The van der Waals surface area contributed by atoms with Crippen molar-refractivity contribution in [3.05, 3.63) is 52.5 Å². The van der Waals surface area contributed by atoms with Crippen LogP contribution in [0.5, 0.6) is 0 Å². The molecular formula is C18H17ClN2O2S. The molecule has 1 atom stereocenters. The lowest BCUT2D eigenvalue weighted by atomic mass is 10.1. The maximum Gasteiger partial charge on any atom is 0.238 e. The number of rotatable bonds is 3. The van der Waals surface area contributed by atoms with Crippen LogP contribution in [-0.2, 0) is 9.59 Å². The van der Waals surface area contributed by atoms with Crippen LogP contribution in [-0.4, -0.2) is 17.1 Å². The minimum atomic E-state index is -0.454. The topological polar surface area (TPSA) is 58.2 Å². The number of benzene rings is 2. The summed E-state index contributed by atoms with van der Waals surface area (Å²) in [5.74, 6) is -0.378. The van der Waals surface area contributed by atoms with Crippen LogP contribution in [0.1, 0.15) is 17.5 Å². The summed E-state index contributed by atoms with van der Waals surface area (Å²) in [6, 6.07) is 11.3. The molecule has 0 bridgehead atoms. The lowest BCUT2D eigenvalue weighted by Crippen LogP contribution is -2.32. The first-order valence-electron chi connectivity index (χ1n) is 7.57. The number of anilines is 2. The summed E-state index contributed by atoms with van der Waals surface area (Å²) in [4.78, 5) is 25.5. The van der Waals surface area contributed by atoms with Gasteiger partial charge in [0.25, 0.3) is 0 Å². The van der Waals surface area contributed by atoms with Gasteiger partial charge < -0.3 is 10.6 Å². The van der Waals surface area contributed by atoms with Gasteiger partial charge >= 0.3 is 0 Å². The number of carbonyl (C=O) groups is 2. The Balaban J connectivity index is 1.71. The molecule has 1 aliphatic heterocycles. The number of hydrogen-bond acceptors (Lipinski definition) is 3. The van der Waals surface area contributed by atoms with Crippen LogP contribution >= 0.6 is 23.4 Å². The van der Waals surface area contributed by atoms with E-state index in [4.69, 9.17) is 11.6 Å². The fraction of sp³-hybridized carbons (Fsp3) is 0.222. The molecule has 0 saturated carbocycles. The molecule has 0 aromatic heterocycles. The number of nitrogens with one attached hydrogen (secondary N) is 2. The van der Waals surface area contributed by atoms with E-state index in [1.54, 1.807) is 0 Å². The molecular weight excluding hydrogens is 344 g/mol. The average Bonchev–Trinajstić information content (AvgIpc) is 2.51. The van der Waals surface area contributed by atoms with E-state index in [0.717, 1.165) is 21.7 Å². The van der Waals surface area contributed by atoms with Crippen molar-refractivity contribution in [2.45, 2.75) is 30.4 Å². The minimum Gasteiger partial charge on any atom is -0.325 e. The highest BCUT2D eigenvalue weighted by molar-refractivity contribution is 8.01. The first kappa shape index (κ1) is 16.9. The number of aryl methyl sites for hydroxylation is 2. The predicted octanol–water partition coefficient (Wildman–Crippen LogP) is 4.40. The molecule has 1 heterocycles. The normalized spacial score (nSPS) is 16.3. The number of halogens is 1. The van der Waals surface area contributed by atoms with Crippen molar-refractivity contribution >= 4 is 46.6 Å². The minimum absolute atomic E-state index is 0.0917. The molecule has 2 aromatic carbocycles. The van der Waals surface area contributed by atoms with Crippen molar-refractivity contribution in [3.63, 3.8) is 0 Å². The zero-order valence-corrected chi connectivity index (χ0v) is 14.9. The molecule has 0 saturated heterocycles. The molecule has 2 aromatic rings. The van der Waals surface area contributed by atoms with Gasteiger partial charge in [-0.3, -0.25) is 9.59 Å². The van der Waals surface area contributed by atoms with E-state index in [1.807, 2.05) is 50.2 Å². The lowest BCUT2D eigenvalue weighted by Gasteiger charge is -2.23. The Labute approximate surface area is 150 Å². The number of carbonyl (C=O) groups excluding carboxylic acids is 2. The van der Waals surface area contributed by atoms with Gasteiger partial charge in [-0.15, -0.1) is 11.8 Å². The number of amides is 2. The second-order valence-corrected chi connectivity index (χ2v) is 7.43. The number of hydrogen-bond donors (Lipinski definition) is 2. The van der Waals surface area contributed by atoms with Crippen molar-refractivity contribution in [2.24, 2.45) is 0 Å². The van der Waals surface area contributed by atoms with E-state index in [0.29, 0.717) is 10.7 Å². The summed E-state index contributed by atoms with van der Waals surface area (Å²) < 4.78 is 0. The summed E-state index contributed by atoms with van der Waals surface area (Å²) in [5.41, 5.74) is 3.34. The van der Waals surface area contributed by atoms with E-state index in [9.17, 15) is 9.59 Å². The molecule has 0 fully saturated rings. The van der Waals surface area contributed by atoms with Gasteiger partial charge in [0, 0.05) is 11.3 Å². The summed E-state index contributed by atoms with van der Waals surface area (Å²) in [6.45, 7) is 3.84. The van der Waals surface area contributed by atoms with Gasteiger partial charge in [-0.1, -0.05) is 29.8 Å². The number of fused-ring (bicyclic) bond motifs is 1. The van der Waals surface area contributed by atoms with Crippen molar-refractivity contribution in [2.75, 3.05) is 10.6 Å². The fourth-order valence-corrected chi connectivity index (χ4v) is 4.14. The van der Waals surface area contributed by atoms with Crippen LogP contribution in [0.3, 0.4) is 0 Å². The van der Waals surface area contributed by atoms with Gasteiger partial charge in [-0.2, -0.15) is 0 Å². The summed E-state index contributed by atoms with van der Waals surface area (Å²) >= 11 is 7.63. The van der Waals surface area contributed by atoms with Crippen LogP contribution in [0, 0.1) is 13.8 Å². The van der Waals surface area contributed by atoms with Crippen LogP contribution in [0.25, 0.3) is 0 Å². The SMILES string of the molecule is Cc1cc(C)c(NC(=O)C[C@H]2Sc3ccccc3NC2=O)c(Cl)c1. The maximum atomic E-state index is 12.4. The van der Waals surface area contributed by atoms with E-state index in [-0.39, 0.29) is 18.2 Å². The molecule has 0 unspecified atom stereocenters. The largest absolute Gasteiger partial charge is 0.325 e. The highest BCUT2D eigenvalue weighted by Crippen LogP contribution is 2.37. The fourth-order valence-electron chi connectivity index (χ4n) is 2.66. The molecule has 1 aliphatic rings. The Morgan fingerprint density at radius 2 is 2.04 bits per heavy atom. The van der Waals surface area contributed by atoms with Crippen molar-refractivity contribution in [1.29, 1.82) is 0 Å². The Morgan fingerprint density at radius 3 is 2.79 bits per heavy atom. The van der Waals surface area contributed by atoms with Crippen molar-refractivity contribution in [3.8, 4) is 0 Å². The predicted molar refractivity (Wildman–Crippen MR) is 98.9 cm³/mol. The first-order valence-corrected chi connectivity index (χ1v) is 8.83. The van der Waals surface area contributed by atoms with Crippen LogP contribution in [0.4, 0.5) is 11.4 Å². The smallest absolute Gasteiger partial charge is 0.238 e. The standard InChI is InChI=1S/C18H17ClN2O2S/c1-10-7-11(2)17(12(19)8-10)21-16(22)9-15-18(23)20-13-5-3-4-6-14(13)24-15/h3-8,15H,9H2,1-2H3,(H,20,23)(H,21,22)/t15-/m1/s1. The van der Waals surface area contributed by atoms with Gasteiger partial charge in [0.15, 0.2) is 0 Å². The Bertz CT molecular complexity index is 799. The second-order valence-electron chi connectivity index (χ2n) is 5.78. The molecule has 0 radical (unpaired) electrons. The molecule has 6 heteroatoms. The molecule has 2 N–H and O–H groups in total. The van der Waals surface area contributed by atoms with Crippen LogP contribution in [0.2, 0.25) is 5.02 Å². The molecule has 0 aliphatic carbocycles. The molecule has 24 heavy (non-hydrogen) atoms. The molecule has 2 amide bonds. The van der Waals surface area contributed by atoms with E-state index in [1.165, 1.54) is 11.8 Å². The summed E-state index contributed by atoms with van der Waals surface area (Å²) in [7, 11) is 0. The zero-order valence-electron chi connectivity index (χ0n) is 13.4. The van der Waals surface area contributed by atoms with E-state index in [2.05, 4.69) is 10.6 Å². The molecule has 124 valence electrons. The lowest BCUT2D eigenvalue weighted by molar-refractivity contribution is -0.120. The van der Waals surface area contributed by atoms with Gasteiger partial charge in [-0.05, 0) is 43.2 Å². The Morgan fingerprint density at radius 1 is 1.29 bits per heavy atom. The van der Waals surface area contributed by atoms with Crippen LogP contribution in [0.15, 0.2) is 41.3 Å². The molecule has 4 nitrogen and oxygen atoms in total. The second kappa shape index (κ2) is 6.87.